The van der Waals surface area contributed by atoms with Crippen molar-refractivity contribution in [3.05, 3.63) is 22.4 Å². The second-order valence-electron chi connectivity index (χ2n) is 4.62. The number of ketones is 1. The van der Waals surface area contributed by atoms with Gasteiger partial charge < -0.3 is 5.73 Å². The Bertz CT molecular complexity index is 302. The Labute approximate surface area is 108 Å². The normalized spacial score (nSPS) is 12.6. The lowest BCUT2D eigenvalue weighted by atomic mass is 9.92. The Morgan fingerprint density at radius 3 is 2.82 bits per heavy atom. The second kappa shape index (κ2) is 8.43. The molecule has 2 nitrogen and oxygen atoms in total. The number of carbonyl (C=O) groups is 1. The van der Waals surface area contributed by atoms with Crippen LogP contribution in [-0.2, 0) is 11.2 Å². The number of Topliss-reactive ketones (excluding diaryl/α,β-unsaturated/α-hetero) is 1. The lowest BCUT2D eigenvalue weighted by Crippen LogP contribution is -2.11. The molecule has 0 bridgehead atoms. The van der Waals surface area contributed by atoms with Crippen LogP contribution in [-0.4, -0.2) is 12.3 Å². The van der Waals surface area contributed by atoms with Crippen LogP contribution in [0, 0.1) is 5.92 Å². The first-order valence-electron chi connectivity index (χ1n) is 6.49. The quantitative estimate of drug-likeness (QED) is 0.733. The van der Waals surface area contributed by atoms with Crippen molar-refractivity contribution in [2.45, 2.75) is 45.4 Å². The van der Waals surface area contributed by atoms with Gasteiger partial charge >= 0.3 is 0 Å². The summed E-state index contributed by atoms with van der Waals surface area (Å²) >= 11 is 1.65. The molecule has 1 heterocycles. The van der Waals surface area contributed by atoms with E-state index in [-0.39, 0.29) is 0 Å². The molecule has 17 heavy (non-hydrogen) atoms. The van der Waals surface area contributed by atoms with E-state index in [4.69, 9.17) is 5.73 Å². The van der Waals surface area contributed by atoms with Gasteiger partial charge in [0.25, 0.3) is 0 Å². The van der Waals surface area contributed by atoms with Crippen molar-refractivity contribution in [3.8, 4) is 0 Å². The molecule has 0 spiro atoms. The molecule has 1 atom stereocenters. The molecule has 1 aromatic rings. The van der Waals surface area contributed by atoms with Gasteiger partial charge in [-0.15, -0.1) is 0 Å². The molecule has 2 N–H and O–H groups in total. The van der Waals surface area contributed by atoms with Crippen LogP contribution in [0.3, 0.4) is 0 Å². The van der Waals surface area contributed by atoms with Gasteiger partial charge in [-0.3, -0.25) is 4.79 Å². The highest BCUT2D eigenvalue weighted by molar-refractivity contribution is 7.07. The van der Waals surface area contributed by atoms with Crippen molar-refractivity contribution in [1.29, 1.82) is 0 Å². The maximum absolute atomic E-state index is 11.8. The fourth-order valence-electron chi connectivity index (χ4n) is 2.15. The van der Waals surface area contributed by atoms with Crippen molar-refractivity contribution >= 4 is 17.1 Å². The van der Waals surface area contributed by atoms with Crippen LogP contribution in [0.5, 0.6) is 0 Å². The van der Waals surface area contributed by atoms with Crippen LogP contribution in [0.1, 0.15) is 44.6 Å². The molecule has 0 aromatic carbocycles. The number of hydrogen-bond acceptors (Lipinski definition) is 3. The Morgan fingerprint density at radius 2 is 2.24 bits per heavy atom. The van der Waals surface area contributed by atoms with Crippen LogP contribution in [0.15, 0.2) is 16.8 Å². The Morgan fingerprint density at radius 1 is 1.41 bits per heavy atom. The summed E-state index contributed by atoms with van der Waals surface area (Å²) in [7, 11) is 0. The predicted molar refractivity (Wildman–Crippen MR) is 74.3 cm³/mol. The molecule has 0 saturated carbocycles. The predicted octanol–water partition coefficient (Wildman–Crippen LogP) is 3.41. The van der Waals surface area contributed by atoms with Gasteiger partial charge in [0.05, 0.1) is 0 Å². The van der Waals surface area contributed by atoms with Gasteiger partial charge in [0.15, 0.2) is 0 Å². The Kier molecular flexibility index (Phi) is 7.13. The summed E-state index contributed by atoms with van der Waals surface area (Å²) in [6.07, 6.45) is 5.76. The van der Waals surface area contributed by atoms with E-state index in [2.05, 4.69) is 12.3 Å². The topological polar surface area (TPSA) is 43.1 Å². The monoisotopic (exact) mass is 253 g/mol. The van der Waals surface area contributed by atoms with Crippen molar-refractivity contribution in [1.82, 2.24) is 0 Å². The van der Waals surface area contributed by atoms with E-state index < -0.39 is 0 Å². The maximum Gasteiger partial charge on any atom is 0.137 e. The van der Waals surface area contributed by atoms with E-state index >= 15 is 0 Å². The summed E-state index contributed by atoms with van der Waals surface area (Å²) in [6.45, 7) is 2.93. The van der Waals surface area contributed by atoms with Gasteiger partial charge in [0, 0.05) is 12.8 Å². The molecule has 1 unspecified atom stereocenters. The SMILES string of the molecule is CCCC(CCN)CCC(=O)Cc1ccsc1. The standard InChI is InChI=1S/C14H23NOS/c1-2-3-12(6-8-15)4-5-14(16)10-13-7-9-17-11-13/h7,9,11-12H,2-6,8,10,15H2,1H3. The molecule has 0 saturated heterocycles. The summed E-state index contributed by atoms with van der Waals surface area (Å²) < 4.78 is 0. The van der Waals surface area contributed by atoms with Crippen molar-refractivity contribution in [3.63, 3.8) is 0 Å². The van der Waals surface area contributed by atoms with Crippen molar-refractivity contribution < 1.29 is 4.79 Å². The maximum atomic E-state index is 11.8. The van der Waals surface area contributed by atoms with Gasteiger partial charge in [-0.05, 0) is 47.7 Å². The Balaban J connectivity index is 2.25. The van der Waals surface area contributed by atoms with E-state index in [0.717, 1.165) is 24.9 Å². The van der Waals surface area contributed by atoms with Crippen LogP contribution in [0.2, 0.25) is 0 Å². The fraction of sp³-hybridized carbons (Fsp3) is 0.643. The average Bonchev–Trinajstić information content (AvgIpc) is 2.79. The summed E-state index contributed by atoms with van der Waals surface area (Å²) in [5, 5.41) is 4.08. The summed E-state index contributed by atoms with van der Waals surface area (Å²) in [4.78, 5) is 11.8. The highest BCUT2D eigenvalue weighted by Crippen LogP contribution is 2.18. The number of carbonyl (C=O) groups excluding carboxylic acids is 1. The summed E-state index contributed by atoms with van der Waals surface area (Å²) in [5.74, 6) is 0.998. The molecule has 0 aliphatic carbocycles. The largest absolute Gasteiger partial charge is 0.330 e. The van der Waals surface area contributed by atoms with E-state index in [9.17, 15) is 4.79 Å². The van der Waals surface area contributed by atoms with Crippen LogP contribution in [0.4, 0.5) is 0 Å². The summed E-state index contributed by atoms with van der Waals surface area (Å²) in [5.41, 5.74) is 6.75. The molecular formula is C14H23NOS. The minimum atomic E-state index is 0.363. The van der Waals surface area contributed by atoms with E-state index in [1.807, 2.05) is 11.4 Å². The van der Waals surface area contributed by atoms with Gasteiger partial charge in [0.1, 0.15) is 5.78 Å². The van der Waals surface area contributed by atoms with E-state index in [0.29, 0.717) is 24.5 Å². The van der Waals surface area contributed by atoms with Crippen LogP contribution < -0.4 is 5.73 Å². The smallest absolute Gasteiger partial charge is 0.137 e. The average molecular weight is 253 g/mol. The number of hydrogen-bond donors (Lipinski definition) is 1. The number of rotatable bonds is 9. The van der Waals surface area contributed by atoms with Crippen LogP contribution >= 0.6 is 11.3 Å². The third-order valence-electron chi connectivity index (χ3n) is 3.08. The zero-order valence-corrected chi connectivity index (χ0v) is 11.5. The van der Waals surface area contributed by atoms with Crippen molar-refractivity contribution in [2.75, 3.05) is 6.54 Å². The zero-order valence-electron chi connectivity index (χ0n) is 10.7. The first kappa shape index (κ1) is 14.4. The fourth-order valence-corrected chi connectivity index (χ4v) is 2.82. The van der Waals surface area contributed by atoms with Gasteiger partial charge in [-0.1, -0.05) is 19.8 Å². The van der Waals surface area contributed by atoms with E-state index in [1.54, 1.807) is 11.3 Å². The zero-order chi connectivity index (χ0) is 12.5. The number of thiophene rings is 1. The molecule has 0 aliphatic heterocycles. The second-order valence-corrected chi connectivity index (χ2v) is 5.40. The minimum Gasteiger partial charge on any atom is -0.330 e. The first-order chi connectivity index (χ1) is 8.26. The molecule has 3 heteroatoms. The minimum absolute atomic E-state index is 0.363. The molecule has 0 radical (unpaired) electrons. The molecule has 0 fully saturated rings. The molecule has 96 valence electrons. The number of nitrogens with two attached hydrogens (primary N) is 1. The third-order valence-corrected chi connectivity index (χ3v) is 3.82. The van der Waals surface area contributed by atoms with Crippen molar-refractivity contribution in [2.24, 2.45) is 11.7 Å². The molecule has 1 rings (SSSR count). The van der Waals surface area contributed by atoms with Gasteiger partial charge in [-0.25, -0.2) is 0 Å². The van der Waals surface area contributed by atoms with Gasteiger partial charge in [0.2, 0.25) is 0 Å². The lowest BCUT2D eigenvalue weighted by molar-refractivity contribution is -0.118. The highest BCUT2D eigenvalue weighted by atomic mass is 32.1. The summed E-state index contributed by atoms with van der Waals surface area (Å²) in [6, 6.07) is 2.03. The molecule has 0 amide bonds. The highest BCUT2D eigenvalue weighted by Gasteiger charge is 2.10. The Hall–Kier alpha value is -0.670. The third kappa shape index (κ3) is 5.99. The van der Waals surface area contributed by atoms with Crippen LogP contribution in [0.25, 0.3) is 0 Å². The molecule has 1 aromatic heterocycles. The first-order valence-corrected chi connectivity index (χ1v) is 7.43. The lowest BCUT2D eigenvalue weighted by Gasteiger charge is -2.14. The van der Waals surface area contributed by atoms with Gasteiger partial charge in [-0.2, -0.15) is 11.3 Å². The van der Waals surface area contributed by atoms with E-state index in [1.165, 1.54) is 12.8 Å². The molecular weight excluding hydrogens is 230 g/mol. The molecule has 0 aliphatic rings.